The van der Waals surface area contributed by atoms with Crippen LogP contribution in [0, 0.1) is 23.5 Å². The fraction of sp³-hybridized carbons (Fsp3) is 0.310. The minimum absolute atomic E-state index is 0.0147. The number of anilines is 1. The average molecular weight is 572 g/mol. The second-order valence-corrected chi connectivity index (χ2v) is 13.2. The SMILES string of the molecule is CC(C)CN(CC(C)C)S(=O)(=O)c1ccc(C(=O)N(Cc2ccccc2)c2nc3c(F)cc(F)cc3s2)cc1. The van der Waals surface area contributed by atoms with Crippen LogP contribution in [0.4, 0.5) is 13.9 Å². The molecule has 39 heavy (non-hydrogen) atoms. The monoisotopic (exact) mass is 571 g/mol. The third-order valence-electron chi connectivity index (χ3n) is 5.94. The Kier molecular flexibility index (Phi) is 8.78. The van der Waals surface area contributed by atoms with E-state index in [-0.39, 0.29) is 44.2 Å². The average Bonchev–Trinajstić information content (AvgIpc) is 3.31. The van der Waals surface area contributed by atoms with E-state index >= 15 is 0 Å². The fourth-order valence-electron chi connectivity index (χ4n) is 4.21. The summed E-state index contributed by atoms with van der Waals surface area (Å²) >= 11 is 1.01. The first-order chi connectivity index (χ1) is 18.5. The maximum atomic E-state index is 14.4. The molecule has 1 amide bonds. The van der Waals surface area contributed by atoms with Crippen molar-refractivity contribution in [1.29, 1.82) is 0 Å². The number of benzene rings is 3. The van der Waals surface area contributed by atoms with Gasteiger partial charge in [-0.05, 0) is 47.7 Å². The summed E-state index contributed by atoms with van der Waals surface area (Å²) in [5, 5.41) is 0.208. The van der Waals surface area contributed by atoms with E-state index in [2.05, 4.69) is 4.98 Å². The number of aromatic nitrogens is 1. The molecule has 4 aromatic rings. The number of nitrogens with zero attached hydrogens (tertiary/aromatic N) is 3. The van der Waals surface area contributed by atoms with Gasteiger partial charge in [0.25, 0.3) is 5.91 Å². The van der Waals surface area contributed by atoms with Crippen LogP contribution in [0.2, 0.25) is 0 Å². The molecule has 4 rings (SSSR count). The van der Waals surface area contributed by atoms with Gasteiger partial charge in [0.15, 0.2) is 10.9 Å². The molecule has 0 saturated heterocycles. The Labute approximate surface area is 232 Å². The highest BCUT2D eigenvalue weighted by Gasteiger charge is 2.27. The predicted molar refractivity (Wildman–Crippen MR) is 151 cm³/mol. The van der Waals surface area contributed by atoms with Crippen LogP contribution < -0.4 is 4.90 Å². The highest BCUT2D eigenvalue weighted by Crippen LogP contribution is 2.33. The molecule has 6 nitrogen and oxygen atoms in total. The number of hydrogen-bond acceptors (Lipinski definition) is 5. The van der Waals surface area contributed by atoms with Gasteiger partial charge in [-0.1, -0.05) is 69.4 Å². The van der Waals surface area contributed by atoms with Crippen LogP contribution in [0.25, 0.3) is 10.2 Å². The van der Waals surface area contributed by atoms with Crippen LogP contribution in [0.5, 0.6) is 0 Å². The minimum Gasteiger partial charge on any atom is -0.279 e. The van der Waals surface area contributed by atoms with E-state index in [1.165, 1.54) is 39.5 Å². The van der Waals surface area contributed by atoms with Crippen molar-refractivity contribution < 1.29 is 22.0 Å². The molecule has 206 valence electrons. The van der Waals surface area contributed by atoms with Crippen LogP contribution in [0.1, 0.15) is 43.6 Å². The third-order valence-corrected chi connectivity index (χ3v) is 8.81. The molecule has 0 atom stereocenters. The van der Waals surface area contributed by atoms with Gasteiger partial charge in [0.2, 0.25) is 10.0 Å². The first kappa shape index (κ1) is 28.8. The predicted octanol–water partition coefficient (Wildman–Crippen LogP) is 6.72. The standard InChI is InChI=1S/C29H31F2N3O3S2/c1-19(2)16-33(17-20(3)4)39(36,37)24-12-10-22(11-13-24)28(35)34(18-21-8-6-5-7-9-21)29-32-27-25(31)14-23(30)15-26(27)38-29/h5-15,19-20H,16-18H2,1-4H3. The lowest BCUT2D eigenvalue weighted by Gasteiger charge is -2.26. The minimum atomic E-state index is -3.76. The van der Waals surface area contributed by atoms with Crippen LogP contribution in [0.15, 0.2) is 71.6 Å². The lowest BCUT2D eigenvalue weighted by molar-refractivity contribution is 0.0985. The topological polar surface area (TPSA) is 70.6 Å². The Hall–Kier alpha value is -3.21. The maximum Gasteiger partial charge on any atom is 0.260 e. The van der Waals surface area contributed by atoms with Gasteiger partial charge in [-0.3, -0.25) is 9.69 Å². The molecule has 1 heterocycles. The zero-order valence-electron chi connectivity index (χ0n) is 22.3. The molecule has 0 saturated carbocycles. The number of hydrogen-bond donors (Lipinski definition) is 0. The number of fused-ring (bicyclic) bond motifs is 1. The molecular weight excluding hydrogens is 540 g/mol. The summed E-state index contributed by atoms with van der Waals surface area (Å²) in [6, 6.07) is 17.0. The summed E-state index contributed by atoms with van der Waals surface area (Å²) in [6.45, 7) is 8.78. The summed E-state index contributed by atoms with van der Waals surface area (Å²) < 4.78 is 56.8. The van der Waals surface area contributed by atoms with Crippen molar-refractivity contribution in [1.82, 2.24) is 9.29 Å². The smallest absolute Gasteiger partial charge is 0.260 e. The maximum absolute atomic E-state index is 14.4. The van der Waals surface area contributed by atoms with E-state index in [1.54, 1.807) is 0 Å². The van der Waals surface area contributed by atoms with Crippen molar-refractivity contribution in [2.75, 3.05) is 18.0 Å². The number of amides is 1. The third kappa shape index (κ3) is 6.69. The van der Waals surface area contributed by atoms with Crippen molar-refractivity contribution >= 4 is 42.6 Å². The van der Waals surface area contributed by atoms with Gasteiger partial charge in [-0.15, -0.1) is 0 Å². The Bertz CT molecular complexity index is 1540. The van der Waals surface area contributed by atoms with E-state index in [4.69, 9.17) is 0 Å². The van der Waals surface area contributed by atoms with E-state index in [0.717, 1.165) is 23.0 Å². The summed E-state index contributed by atoms with van der Waals surface area (Å²) in [5.41, 5.74) is 1.04. The van der Waals surface area contributed by atoms with E-state index in [1.807, 2.05) is 58.0 Å². The number of carbonyl (C=O) groups is 1. The molecule has 0 aliphatic carbocycles. The molecule has 0 unspecified atom stereocenters. The van der Waals surface area contributed by atoms with E-state index in [0.29, 0.717) is 13.1 Å². The molecule has 0 aliphatic rings. The number of sulfonamides is 1. The Morgan fingerprint density at radius 2 is 1.54 bits per heavy atom. The summed E-state index contributed by atoms with van der Waals surface area (Å²) in [7, 11) is -3.76. The van der Waals surface area contributed by atoms with Gasteiger partial charge < -0.3 is 0 Å². The van der Waals surface area contributed by atoms with Crippen molar-refractivity contribution in [3.8, 4) is 0 Å². The molecule has 0 aliphatic heterocycles. The Balaban J connectivity index is 1.69. The summed E-state index contributed by atoms with van der Waals surface area (Å²) in [6.07, 6.45) is 0. The molecule has 0 radical (unpaired) electrons. The first-order valence-corrected chi connectivity index (χ1v) is 14.9. The lowest BCUT2D eigenvalue weighted by Crippen LogP contribution is -2.37. The lowest BCUT2D eigenvalue weighted by atomic mass is 10.1. The molecule has 0 bridgehead atoms. The largest absolute Gasteiger partial charge is 0.279 e. The number of rotatable bonds is 10. The second kappa shape index (κ2) is 11.9. The first-order valence-electron chi connectivity index (χ1n) is 12.7. The molecule has 3 aromatic carbocycles. The van der Waals surface area contributed by atoms with Gasteiger partial charge in [-0.2, -0.15) is 4.31 Å². The highest BCUT2D eigenvalue weighted by atomic mass is 32.2. The van der Waals surface area contributed by atoms with E-state index < -0.39 is 27.6 Å². The van der Waals surface area contributed by atoms with Crippen molar-refractivity contribution in [2.24, 2.45) is 11.8 Å². The van der Waals surface area contributed by atoms with Gasteiger partial charge in [-0.25, -0.2) is 22.2 Å². The van der Waals surface area contributed by atoms with Gasteiger partial charge in [0, 0.05) is 24.7 Å². The molecule has 0 N–H and O–H groups in total. The Morgan fingerprint density at radius 1 is 0.923 bits per heavy atom. The molecule has 10 heteroatoms. The quantitative estimate of drug-likeness (QED) is 0.212. The number of carbonyl (C=O) groups excluding carboxylic acids is 1. The van der Waals surface area contributed by atoms with Gasteiger partial charge in [0.05, 0.1) is 16.1 Å². The van der Waals surface area contributed by atoms with Crippen molar-refractivity contribution in [3.63, 3.8) is 0 Å². The summed E-state index contributed by atoms with van der Waals surface area (Å²) in [4.78, 5) is 19.5. The van der Waals surface area contributed by atoms with Crippen LogP contribution in [0.3, 0.4) is 0 Å². The Morgan fingerprint density at radius 3 is 2.13 bits per heavy atom. The van der Waals surface area contributed by atoms with E-state index in [9.17, 15) is 22.0 Å². The number of thiazole rings is 1. The van der Waals surface area contributed by atoms with Gasteiger partial charge in [0.1, 0.15) is 11.3 Å². The van der Waals surface area contributed by atoms with Crippen molar-refractivity contribution in [3.05, 3.63) is 89.5 Å². The fourth-order valence-corrected chi connectivity index (χ4v) is 6.98. The molecular formula is C29H31F2N3O3S2. The number of halogens is 2. The van der Waals surface area contributed by atoms with Crippen molar-refractivity contribution in [2.45, 2.75) is 39.1 Å². The summed E-state index contributed by atoms with van der Waals surface area (Å²) in [5.74, 6) is -1.67. The van der Waals surface area contributed by atoms with Crippen LogP contribution >= 0.6 is 11.3 Å². The van der Waals surface area contributed by atoms with Crippen LogP contribution in [-0.2, 0) is 16.6 Å². The molecule has 0 spiro atoms. The molecule has 1 aromatic heterocycles. The van der Waals surface area contributed by atoms with Gasteiger partial charge >= 0.3 is 0 Å². The normalized spacial score (nSPS) is 12.1. The zero-order valence-corrected chi connectivity index (χ0v) is 23.9. The highest BCUT2D eigenvalue weighted by molar-refractivity contribution is 7.89. The second-order valence-electron chi connectivity index (χ2n) is 10.2. The zero-order chi connectivity index (χ0) is 28.3. The van der Waals surface area contributed by atoms with Crippen LogP contribution in [-0.4, -0.2) is 36.7 Å². The molecule has 0 fully saturated rings.